The molecule has 106 valence electrons. The third-order valence-corrected chi connectivity index (χ3v) is 3.00. The fourth-order valence-electron chi connectivity index (χ4n) is 1.79. The number of amidine groups is 1. The Balaban J connectivity index is 2.12. The Labute approximate surface area is 117 Å². The highest BCUT2D eigenvalue weighted by atomic mass is 16.5. The molecule has 0 aliphatic heterocycles. The summed E-state index contributed by atoms with van der Waals surface area (Å²) in [6, 6.07) is 5.42. The van der Waals surface area contributed by atoms with Gasteiger partial charge in [0.05, 0.1) is 6.20 Å². The molecular weight excluding hydrogens is 256 g/mol. The maximum absolute atomic E-state index is 8.70. The van der Waals surface area contributed by atoms with Crippen molar-refractivity contribution in [3.63, 3.8) is 0 Å². The van der Waals surface area contributed by atoms with Crippen LogP contribution in [0.3, 0.4) is 0 Å². The van der Waals surface area contributed by atoms with Gasteiger partial charge in [0.15, 0.2) is 5.84 Å². The molecular formula is C14H18N4O2. The standard InChI is InChI=1S/C14H18N4O2/c1-3-18-8-11(7-16-18)9-20-13-6-12(14(15)17-19)5-4-10(13)2/h4-8,19H,3,9H2,1-2H3,(H2,15,17). The van der Waals surface area contributed by atoms with Gasteiger partial charge in [-0.3, -0.25) is 4.68 Å². The van der Waals surface area contributed by atoms with Crippen molar-refractivity contribution in [1.29, 1.82) is 0 Å². The fraction of sp³-hybridized carbons (Fsp3) is 0.286. The van der Waals surface area contributed by atoms with Gasteiger partial charge >= 0.3 is 0 Å². The lowest BCUT2D eigenvalue weighted by molar-refractivity contribution is 0.303. The Kier molecular flexibility index (Phi) is 4.24. The highest BCUT2D eigenvalue weighted by Gasteiger charge is 2.06. The van der Waals surface area contributed by atoms with Gasteiger partial charge in [-0.25, -0.2) is 0 Å². The average molecular weight is 274 g/mol. The summed E-state index contributed by atoms with van der Waals surface area (Å²) < 4.78 is 7.62. The predicted molar refractivity (Wildman–Crippen MR) is 75.9 cm³/mol. The molecule has 3 N–H and O–H groups in total. The van der Waals surface area contributed by atoms with E-state index in [1.165, 1.54) is 0 Å². The van der Waals surface area contributed by atoms with Crippen molar-refractivity contribution in [3.8, 4) is 5.75 Å². The van der Waals surface area contributed by atoms with Gasteiger partial charge in [0.1, 0.15) is 12.4 Å². The van der Waals surface area contributed by atoms with Gasteiger partial charge in [0, 0.05) is 23.9 Å². The largest absolute Gasteiger partial charge is 0.488 e. The summed E-state index contributed by atoms with van der Waals surface area (Å²) in [5.41, 5.74) is 8.18. The SMILES string of the molecule is CCn1cc(COc2cc(/C(N)=N/O)ccc2C)cn1. The van der Waals surface area contributed by atoms with Gasteiger partial charge in [-0.1, -0.05) is 17.3 Å². The zero-order chi connectivity index (χ0) is 14.5. The molecule has 0 spiro atoms. The van der Waals surface area contributed by atoms with Crippen LogP contribution in [-0.2, 0) is 13.2 Å². The van der Waals surface area contributed by atoms with E-state index in [-0.39, 0.29) is 5.84 Å². The highest BCUT2D eigenvalue weighted by Crippen LogP contribution is 2.20. The first-order valence-electron chi connectivity index (χ1n) is 6.36. The summed E-state index contributed by atoms with van der Waals surface area (Å²) in [7, 11) is 0. The van der Waals surface area contributed by atoms with E-state index in [0.717, 1.165) is 17.7 Å². The highest BCUT2D eigenvalue weighted by molar-refractivity contribution is 5.97. The quantitative estimate of drug-likeness (QED) is 0.377. The molecule has 1 aromatic carbocycles. The van der Waals surface area contributed by atoms with E-state index in [2.05, 4.69) is 10.3 Å². The number of benzene rings is 1. The van der Waals surface area contributed by atoms with E-state index >= 15 is 0 Å². The predicted octanol–water partition coefficient (Wildman–Crippen LogP) is 1.88. The van der Waals surface area contributed by atoms with Gasteiger partial charge in [-0.15, -0.1) is 0 Å². The lowest BCUT2D eigenvalue weighted by atomic mass is 10.1. The lowest BCUT2D eigenvalue weighted by Gasteiger charge is -2.09. The molecule has 0 unspecified atom stereocenters. The molecule has 20 heavy (non-hydrogen) atoms. The van der Waals surface area contributed by atoms with Crippen LogP contribution < -0.4 is 10.5 Å². The summed E-state index contributed by atoms with van der Waals surface area (Å²) >= 11 is 0. The summed E-state index contributed by atoms with van der Waals surface area (Å²) in [6.07, 6.45) is 3.73. The molecule has 2 rings (SSSR count). The second-order valence-corrected chi connectivity index (χ2v) is 4.46. The Morgan fingerprint density at radius 3 is 2.95 bits per heavy atom. The van der Waals surface area contributed by atoms with Crippen molar-refractivity contribution < 1.29 is 9.94 Å². The minimum atomic E-state index is 0.0636. The summed E-state index contributed by atoms with van der Waals surface area (Å²) in [5.74, 6) is 0.770. The van der Waals surface area contributed by atoms with E-state index in [4.69, 9.17) is 15.7 Å². The van der Waals surface area contributed by atoms with E-state index in [9.17, 15) is 0 Å². The monoisotopic (exact) mass is 274 g/mol. The van der Waals surface area contributed by atoms with Crippen LogP contribution in [0.25, 0.3) is 0 Å². The molecule has 1 heterocycles. The molecule has 0 radical (unpaired) electrons. The Morgan fingerprint density at radius 2 is 2.30 bits per heavy atom. The van der Waals surface area contributed by atoms with E-state index in [1.54, 1.807) is 18.3 Å². The maximum atomic E-state index is 8.70. The number of nitrogens with zero attached hydrogens (tertiary/aromatic N) is 3. The number of aromatic nitrogens is 2. The Hall–Kier alpha value is -2.50. The minimum absolute atomic E-state index is 0.0636. The Bertz CT molecular complexity index is 619. The van der Waals surface area contributed by atoms with Crippen LogP contribution in [0, 0.1) is 6.92 Å². The topological polar surface area (TPSA) is 85.7 Å². The van der Waals surface area contributed by atoms with Crippen molar-refractivity contribution in [3.05, 3.63) is 47.3 Å². The molecule has 6 heteroatoms. The van der Waals surface area contributed by atoms with Crippen LogP contribution in [0.5, 0.6) is 5.75 Å². The molecule has 6 nitrogen and oxygen atoms in total. The lowest BCUT2D eigenvalue weighted by Crippen LogP contribution is -2.13. The smallest absolute Gasteiger partial charge is 0.170 e. The van der Waals surface area contributed by atoms with Gasteiger partial charge in [-0.05, 0) is 25.5 Å². The number of hydrogen-bond acceptors (Lipinski definition) is 4. The Morgan fingerprint density at radius 1 is 1.50 bits per heavy atom. The number of nitrogens with two attached hydrogens (primary N) is 1. The molecule has 0 fully saturated rings. The number of rotatable bonds is 5. The van der Waals surface area contributed by atoms with Crippen LogP contribution in [0.15, 0.2) is 35.7 Å². The van der Waals surface area contributed by atoms with E-state index in [0.29, 0.717) is 17.9 Å². The zero-order valence-corrected chi connectivity index (χ0v) is 11.6. The molecule has 0 amide bonds. The second-order valence-electron chi connectivity index (χ2n) is 4.46. The first-order valence-corrected chi connectivity index (χ1v) is 6.36. The normalized spacial score (nSPS) is 11.6. The number of oxime groups is 1. The van der Waals surface area contributed by atoms with Gasteiger partial charge < -0.3 is 15.7 Å². The molecule has 0 bridgehead atoms. The third kappa shape index (κ3) is 3.09. The van der Waals surface area contributed by atoms with Gasteiger partial charge in [0.25, 0.3) is 0 Å². The number of ether oxygens (including phenoxy) is 1. The fourth-order valence-corrected chi connectivity index (χ4v) is 1.79. The van der Waals surface area contributed by atoms with Crippen molar-refractivity contribution in [2.45, 2.75) is 27.0 Å². The van der Waals surface area contributed by atoms with Crippen LogP contribution in [0.4, 0.5) is 0 Å². The summed E-state index contributed by atoms with van der Waals surface area (Å²) in [4.78, 5) is 0. The van der Waals surface area contributed by atoms with Gasteiger partial charge in [-0.2, -0.15) is 5.10 Å². The maximum Gasteiger partial charge on any atom is 0.170 e. The number of hydrogen-bond donors (Lipinski definition) is 2. The first kappa shape index (κ1) is 13.9. The van der Waals surface area contributed by atoms with Crippen LogP contribution >= 0.6 is 0 Å². The zero-order valence-electron chi connectivity index (χ0n) is 11.6. The summed E-state index contributed by atoms with van der Waals surface area (Å²) in [6.45, 7) is 5.24. The van der Waals surface area contributed by atoms with Crippen LogP contribution in [-0.4, -0.2) is 20.8 Å². The van der Waals surface area contributed by atoms with Crippen molar-refractivity contribution in [1.82, 2.24) is 9.78 Å². The van der Waals surface area contributed by atoms with Crippen molar-refractivity contribution in [2.75, 3.05) is 0 Å². The van der Waals surface area contributed by atoms with Crippen LogP contribution in [0.1, 0.15) is 23.6 Å². The third-order valence-electron chi connectivity index (χ3n) is 3.00. The first-order chi connectivity index (χ1) is 9.63. The van der Waals surface area contributed by atoms with Crippen LogP contribution in [0.2, 0.25) is 0 Å². The molecule has 2 aromatic rings. The molecule has 0 saturated carbocycles. The molecule has 0 saturated heterocycles. The minimum Gasteiger partial charge on any atom is -0.488 e. The molecule has 0 atom stereocenters. The average Bonchev–Trinajstić information content (AvgIpc) is 2.93. The molecule has 1 aromatic heterocycles. The number of aryl methyl sites for hydroxylation is 2. The molecule has 0 aliphatic carbocycles. The molecule has 0 aliphatic rings. The van der Waals surface area contributed by atoms with Crippen molar-refractivity contribution >= 4 is 5.84 Å². The van der Waals surface area contributed by atoms with E-state index in [1.807, 2.05) is 30.8 Å². The second kappa shape index (κ2) is 6.10. The summed E-state index contributed by atoms with van der Waals surface area (Å²) in [5, 5.41) is 15.9. The van der Waals surface area contributed by atoms with Gasteiger partial charge in [0.2, 0.25) is 0 Å². The van der Waals surface area contributed by atoms with E-state index < -0.39 is 0 Å². The van der Waals surface area contributed by atoms with Crippen molar-refractivity contribution in [2.24, 2.45) is 10.9 Å².